The Morgan fingerprint density at radius 2 is 1.93 bits per heavy atom. The Morgan fingerprint density at radius 3 is 2.68 bits per heavy atom. The van der Waals surface area contributed by atoms with Crippen molar-refractivity contribution in [3.63, 3.8) is 0 Å². The van der Waals surface area contributed by atoms with E-state index in [1.165, 1.54) is 11.3 Å². The van der Waals surface area contributed by atoms with Gasteiger partial charge in [-0.25, -0.2) is 19.9 Å². The minimum absolute atomic E-state index is 0.0964. The summed E-state index contributed by atoms with van der Waals surface area (Å²) in [7, 11) is 0. The van der Waals surface area contributed by atoms with Gasteiger partial charge in [0.25, 0.3) is 0 Å². The number of rotatable bonds is 5. The van der Waals surface area contributed by atoms with Crippen LogP contribution in [0, 0.1) is 6.92 Å². The van der Waals surface area contributed by atoms with E-state index in [1.54, 1.807) is 24.7 Å². The molecule has 1 N–H and O–H groups in total. The van der Waals surface area contributed by atoms with Crippen LogP contribution >= 0.6 is 11.3 Å². The normalized spacial score (nSPS) is 14.2. The summed E-state index contributed by atoms with van der Waals surface area (Å²) in [4.78, 5) is 34.0. The van der Waals surface area contributed by atoms with Gasteiger partial charge >= 0.3 is 0 Å². The second-order valence-corrected chi connectivity index (χ2v) is 7.44. The van der Waals surface area contributed by atoms with Crippen molar-refractivity contribution in [2.45, 2.75) is 13.3 Å². The van der Waals surface area contributed by atoms with Gasteiger partial charge in [0.2, 0.25) is 11.9 Å². The molecule has 3 aromatic rings. The van der Waals surface area contributed by atoms with Gasteiger partial charge in [0.15, 0.2) is 5.13 Å². The van der Waals surface area contributed by atoms with E-state index in [4.69, 9.17) is 0 Å². The molecule has 0 saturated carbocycles. The Balaban J connectivity index is 1.30. The van der Waals surface area contributed by atoms with Crippen molar-refractivity contribution in [2.24, 2.45) is 0 Å². The maximum Gasteiger partial charge on any atom is 0.228 e. The molecule has 1 aliphatic heterocycles. The molecule has 1 amide bonds. The van der Waals surface area contributed by atoms with Crippen LogP contribution in [-0.4, -0.2) is 56.9 Å². The SMILES string of the molecule is Cc1ccnc(Nc2nc(CC(=O)N3CCN(c4ncccn4)CC3)cs2)c1. The number of anilines is 3. The van der Waals surface area contributed by atoms with Gasteiger partial charge in [-0.15, -0.1) is 11.3 Å². The lowest BCUT2D eigenvalue weighted by Gasteiger charge is -2.34. The molecule has 1 fully saturated rings. The van der Waals surface area contributed by atoms with Crippen molar-refractivity contribution in [1.29, 1.82) is 0 Å². The minimum atomic E-state index is 0.0964. The molecule has 0 aromatic carbocycles. The molecular weight excluding hydrogens is 374 g/mol. The molecule has 1 saturated heterocycles. The maximum atomic E-state index is 12.6. The fourth-order valence-corrected chi connectivity index (χ4v) is 3.75. The number of carbonyl (C=O) groups is 1. The first-order chi connectivity index (χ1) is 13.7. The number of pyridine rings is 1. The van der Waals surface area contributed by atoms with Crippen LogP contribution < -0.4 is 10.2 Å². The molecule has 9 heteroatoms. The van der Waals surface area contributed by atoms with Crippen LogP contribution in [0.1, 0.15) is 11.3 Å². The van der Waals surface area contributed by atoms with E-state index in [0.717, 1.165) is 41.2 Å². The molecule has 0 bridgehead atoms. The van der Waals surface area contributed by atoms with Crippen molar-refractivity contribution < 1.29 is 4.79 Å². The van der Waals surface area contributed by atoms with Gasteiger partial charge in [-0.05, 0) is 30.7 Å². The van der Waals surface area contributed by atoms with Crippen LogP contribution in [-0.2, 0) is 11.2 Å². The average molecular weight is 395 g/mol. The fourth-order valence-electron chi connectivity index (χ4n) is 3.04. The van der Waals surface area contributed by atoms with Gasteiger partial charge < -0.3 is 15.1 Å². The number of carbonyl (C=O) groups excluding carboxylic acids is 1. The lowest BCUT2D eigenvalue weighted by Crippen LogP contribution is -2.49. The Labute approximate surface area is 167 Å². The molecule has 0 unspecified atom stereocenters. The molecule has 144 valence electrons. The maximum absolute atomic E-state index is 12.6. The van der Waals surface area contributed by atoms with Gasteiger partial charge in [0.05, 0.1) is 12.1 Å². The van der Waals surface area contributed by atoms with E-state index in [-0.39, 0.29) is 5.91 Å². The van der Waals surface area contributed by atoms with E-state index in [2.05, 4.69) is 30.2 Å². The van der Waals surface area contributed by atoms with Gasteiger partial charge in [-0.1, -0.05) is 0 Å². The third kappa shape index (κ3) is 4.42. The Bertz CT molecular complexity index is 938. The molecule has 8 nitrogen and oxygen atoms in total. The van der Waals surface area contributed by atoms with E-state index in [0.29, 0.717) is 19.5 Å². The monoisotopic (exact) mass is 395 g/mol. The van der Waals surface area contributed by atoms with E-state index in [9.17, 15) is 4.79 Å². The predicted octanol–water partition coefficient (Wildman–Crippen LogP) is 2.27. The quantitative estimate of drug-likeness (QED) is 0.709. The second-order valence-electron chi connectivity index (χ2n) is 6.58. The molecule has 28 heavy (non-hydrogen) atoms. The summed E-state index contributed by atoms with van der Waals surface area (Å²) in [5.74, 6) is 1.57. The Morgan fingerprint density at radius 1 is 1.14 bits per heavy atom. The van der Waals surface area contributed by atoms with Crippen molar-refractivity contribution >= 4 is 34.1 Å². The largest absolute Gasteiger partial charge is 0.339 e. The van der Waals surface area contributed by atoms with Crippen molar-refractivity contribution in [1.82, 2.24) is 24.8 Å². The zero-order valence-electron chi connectivity index (χ0n) is 15.6. The van der Waals surface area contributed by atoms with Crippen molar-refractivity contribution in [2.75, 3.05) is 36.4 Å². The number of piperazine rings is 1. The summed E-state index contributed by atoms with van der Waals surface area (Å²) in [6.07, 6.45) is 5.54. The van der Waals surface area contributed by atoms with Crippen LogP contribution in [0.5, 0.6) is 0 Å². The second kappa shape index (κ2) is 8.30. The highest BCUT2D eigenvalue weighted by atomic mass is 32.1. The minimum Gasteiger partial charge on any atom is -0.339 e. The number of nitrogens with zero attached hydrogens (tertiary/aromatic N) is 6. The van der Waals surface area contributed by atoms with Crippen LogP contribution in [0.2, 0.25) is 0 Å². The number of amides is 1. The lowest BCUT2D eigenvalue weighted by atomic mass is 10.2. The summed E-state index contributed by atoms with van der Waals surface area (Å²) in [6, 6.07) is 5.71. The van der Waals surface area contributed by atoms with Crippen LogP contribution in [0.3, 0.4) is 0 Å². The molecule has 0 spiro atoms. The zero-order valence-corrected chi connectivity index (χ0v) is 16.4. The molecule has 3 aromatic heterocycles. The summed E-state index contributed by atoms with van der Waals surface area (Å²) >= 11 is 1.48. The first kappa shape index (κ1) is 18.3. The van der Waals surface area contributed by atoms with Gasteiger partial charge in [-0.2, -0.15) is 0 Å². The van der Waals surface area contributed by atoms with Crippen molar-refractivity contribution in [3.8, 4) is 0 Å². The van der Waals surface area contributed by atoms with Crippen molar-refractivity contribution in [3.05, 3.63) is 53.4 Å². The van der Waals surface area contributed by atoms with E-state index >= 15 is 0 Å². The summed E-state index contributed by atoms with van der Waals surface area (Å²) in [6.45, 7) is 4.82. The molecule has 1 aliphatic rings. The predicted molar refractivity (Wildman–Crippen MR) is 109 cm³/mol. The average Bonchev–Trinajstić information content (AvgIpc) is 3.15. The number of thiazole rings is 1. The van der Waals surface area contributed by atoms with E-state index < -0.39 is 0 Å². The number of aromatic nitrogens is 4. The molecule has 4 rings (SSSR count). The van der Waals surface area contributed by atoms with E-state index in [1.807, 2.05) is 29.3 Å². The fraction of sp³-hybridized carbons (Fsp3) is 0.316. The molecule has 0 radical (unpaired) electrons. The van der Waals surface area contributed by atoms with Crippen LogP contribution in [0.25, 0.3) is 0 Å². The van der Waals surface area contributed by atoms with Gasteiger partial charge in [0.1, 0.15) is 5.82 Å². The van der Waals surface area contributed by atoms with Gasteiger partial charge in [0, 0.05) is 50.1 Å². The topological polar surface area (TPSA) is 87.1 Å². The molecular formula is C19H21N7OS. The first-order valence-electron chi connectivity index (χ1n) is 9.11. The van der Waals surface area contributed by atoms with Crippen LogP contribution in [0.4, 0.5) is 16.9 Å². The summed E-state index contributed by atoms with van der Waals surface area (Å²) in [5, 5.41) is 5.86. The standard InChI is InChI=1S/C19H21N7OS/c1-14-3-6-20-16(11-14)24-19-23-15(13-28-19)12-17(27)25-7-9-26(10-8-25)18-21-4-2-5-22-18/h2-6,11,13H,7-10,12H2,1H3,(H,20,23,24). The number of hydrogen-bond acceptors (Lipinski definition) is 8. The molecule has 0 aliphatic carbocycles. The molecule has 4 heterocycles. The number of hydrogen-bond donors (Lipinski definition) is 1. The Hall–Kier alpha value is -3.07. The smallest absolute Gasteiger partial charge is 0.228 e. The number of nitrogens with one attached hydrogen (secondary N) is 1. The highest BCUT2D eigenvalue weighted by Gasteiger charge is 2.23. The summed E-state index contributed by atoms with van der Waals surface area (Å²) < 4.78 is 0. The summed E-state index contributed by atoms with van der Waals surface area (Å²) in [5.41, 5.74) is 1.91. The third-order valence-corrected chi connectivity index (χ3v) is 5.31. The highest BCUT2D eigenvalue weighted by molar-refractivity contribution is 7.13. The lowest BCUT2D eigenvalue weighted by molar-refractivity contribution is -0.130. The number of aryl methyl sites for hydroxylation is 1. The Kier molecular flexibility index (Phi) is 5.43. The van der Waals surface area contributed by atoms with Gasteiger partial charge in [-0.3, -0.25) is 4.79 Å². The van der Waals surface area contributed by atoms with Crippen LogP contribution in [0.15, 0.2) is 42.2 Å². The first-order valence-corrected chi connectivity index (χ1v) is 9.99. The molecule has 0 atom stereocenters. The highest BCUT2D eigenvalue weighted by Crippen LogP contribution is 2.21. The third-order valence-electron chi connectivity index (χ3n) is 4.50. The zero-order chi connectivity index (χ0) is 19.3.